The van der Waals surface area contributed by atoms with Crippen molar-refractivity contribution in [1.29, 1.82) is 0 Å². The summed E-state index contributed by atoms with van der Waals surface area (Å²) >= 11 is 0. The first kappa shape index (κ1) is 20.0. The van der Waals surface area contributed by atoms with Crippen molar-refractivity contribution in [2.75, 3.05) is 31.1 Å². The van der Waals surface area contributed by atoms with Gasteiger partial charge in [-0.25, -0.2) is 4.98 Å². The molecule has 0 aliphatic carbocycles. The molecule has 0 atom stereocenters. The number of hydrogen-bond acceptors (Lipinski definition) is 3. The zero-order valence-electron chi connectivity index (χ0n) is 13.9. The Kier molecular flexibility index (Phi) is 8.10. The van der Waals surface area contributed by atoms with Crippen LogP contribution >= 0.6 is 24.8 Å². The molecular formula is C18H27Cl2N3. The van der Waals surface area contributed by atoms with Gasteiger partial charge in [-0.2, -0.15) is 0 Å². The summed E-state index contributed by atoms with van der Waals surface area (Å²) < 4.78 is 0. The highest BCUT2D eigenvalue weighted by atomic mass is 35.5. The molecule has 3 nitrogen and oxygen atoms in total. The highest BCUT2D eigenvalue weighted by molar-refractivity contribution is 5.85. The van der Waals surface area contributed by atoms with Crippen LogP contribution in [0.4, 0.5) is 5.82 Å². The second-order valence-electron chi connectivity index (χ2n) is 5.86. The Hall–Kier alpha value is -1.03. The Balaban J connectivity index is 0.00000132. The van der Waals surface area contributed by atoms with Gasteiger partial charge in [-0.3, -0.25) is 4.90 Å². The molecule has 2 heterocycles. The van der Waals surface area contributed by atoms with Crippen LogP contribution in [-0.4, -0.2) is 42.1 Å². The van der Waals surface area contributed by atoms with Crippen LogP contribution in [0.2, 0.25) is 0 Å². The van der Waals surface area contributed by atoms with Gasteiger partial charge in [0.1, 0.15) is 5.82 Å². The summed E-state index contributed by atoms with van der Waals surface area (Å²) in [5.41, 5.74) is 1.09. The van der Waals surface area contributed by atoms with Crippen molar-refractivity contribution >= 4 is 41.5 Å². The number of aromatic nitrogens is 1. The third kappa shape index (κ3) is 4.50. The van der Waals surface area contributed by atoms with E-state index < -0.39 is 0 Å². The molecule has 2 aromatic rings. The molecule has 3 rings (SSSR count). The number of hydrogen-bond donors (Lipinski definition) is 0. The van der Waals surface area contributed by atoms with Gasteiger partial charge in [0.25, 0.3) is 0 Å². The fraction of sp³-hybridized carbons (Fsp3) is 0.500. The van der Waals surface area contributed by atoms with Gasteiger partial charge in [-0.05, 0) is 31.0 Å². The van der Waals surface area contributed by atoms with Crippen LogP contribution < -0.4 is 4.90 Å². The first-order valence-corrected chi connectivity index (χ1v) is 8.16. The molecule has 0 amide bonds. The van der Waals surface area contributed by atoms with E-state index >= 15 is 0 Å². The molecule has 5 heteroatoms. The topological polar surface area (TPSA) is 19.4 Å². The maximum atomic E-state index is 4.82. The van der Waals surface area contributed by atoms with Crippen molar-refractivity contribution in [1.82, 2.24) is 9.88 Å². The second kappa shape index (κ2) is 9.31. The van der Waals surface area contributed by atoms with Crippen molar-refractivity contribution in [2.45, 2.75) is 32.7 Å². The number of piperazine rings is 1. The van der Waals surface area contributed by atoms with E-state index in [0.29, 0.717) is 0 Å². The maximum absolute atomic E-state index is 4.82. The fourth-order valence-electron chi connectivity index (χ4n) is 3.35. The molecule has 0 saturated carbocycles. The first-order valence-electron chi connectivity index (χ1n) is 8.16. The minimum Gasteiger partial charge on any atom is -0.354 e. The first-order chi connectivity index (χ1) is 10.3. The molecule has 0 N–H and O–H groups in total. The highest BCUT2D eigenvalue weighted by Gasteiger charge is 2.22. The fourth-order valence-corrected chi connectivity index (χ4v) is 3.35. The molecule has 1 fully saturated rings. The lowest BCUT2D eigenvalue weighted by atomic mass is 10.1. The van der Waals surface area contributed by atoms with E-state index in [1.165, 1.54) is 18.2 Å². The molecule has 1 aliphatic heterocycles. The largest absolute Gasteiger partial charge is 0.354 e. The minimum atomic E-state index is 0. The predicted molar refractivity (Wildman–Crippen MR) is 104 cm³/mol. The quantitative estimate of drug-likeness (QED) is 0.810. The summed E-state index contributed by atoms with van der Waals surface area (Å²) in [6, 6.07) is 13.4. The van der Waals surface area contributed by atoms with Gasteiger partial charge in [0, 0.05) is 37.6 Å². The van der Waals surface area contributed by atoms with Gasteiger partial charge in [-0.1, -0.05) is 32.0 Å². The average molecular weight is 356 g/mol. The van der Waals surface area contributed by atoms with Gasteiger partial charge in [0.05, 0.1) is 5.52 Å². The number of anilines is 1. The number of para-hydroxylation sites is 1. The number of benzene rings is 1. The van der Waals surface area contributed by atoms with Crippen LogP contribution in [0.1, 0.15) is 26.7 Å². The van der Waals surface area contributed by atoms with Crippen LogP contribution in [0.15, 0.2) is 36.4 Å². The standard InChI is InChI=1S/C18H25N3.2ClH/c1-3-16(4-2)20-11-13-21(14-12-20)18-10-9-15-7-5-6-8-17(15)19-18;;/h5-10,16H,3-4,11-14H2,1-2H3;2*1H. The van der Waals surface area contributed by atoms with Crippen LogP contribution in [0, 0.1) is 0 Å². The molecule has 0 spiro atoms. The maximum Gasteiger partial charge on any atom is 0.129 e. The van der Waals surface area contributed by atoms with Crippen molar-refractivity contribution < 1.29 is 0 Å². The number of halogens is 2. The van der Waals surface area contributed by atoms with Gasteiger partial charge >= 0.3 is 0 Å². The lowest BCUT2D eigenvalue weighted by Gasteiger charge is -2.39. The molecule has 1 aromatic carbocycles. The summed E-state index contributed by atoms with van der Waals surface area (Å²) in [6.45, 7) is 9.07. The zero-order valence-corrected chi connectivity index (χ0v) is 15.6. The summed E-state index contributed by atoms with van der Waals surface area (Å²) in [4.78, 5) is 9.87. The van der Waals surface area contributed by atoms with Crippen molar-refractivity contribution in [3.8, 4) is 0 Å². The Morgan fingerprint density at radius 1 is 0.913 bits per heavy atom. The van der Waals surface area contributed by atoms with E-state index in [-0.39, 0.29) is 24.8 Å². The third-order valence-electron chi connectivity index (χ3n) is 4.68. The van der Waals surface area contributed by atoms with Crippen molar-refractivity contribution in [3.63, 3.8) is 0 Å². The summed E-state index contributed by atoms with van der Waals surface area (Å²) in [5, 5.41) is 1.22. The van der Waals surface area contributed by atoms with Crippen LogP contribution in [0.5, 0.6) is 0 Å². The highest BCUT2D eigenvalue weighted by Crippen LogP contribution is 2.20. The smallest absolute Gasteiger partial charge is 0.129 e. The minimum absolute atomic E-state index is 0. The van der Waals surface area contributed by atoms with E-state index in [1.807, 2.05) is 0 Å². The monoisotopic (exact) mass is 355 g/mol. The molecule has 1 aromatic heterocycles. The van der Waals surface area contributed by atoms with Crippen molar-refractivity contribution in [2.24, 2.45) is 0 Å². The molecule has 1 aliphatic rings. The second-order valence-corrected chi connectivity index (χ2v) is 5.86. The zero-order chi connectivity index (χ0) is 14.7. The number of fused-ring (bicyclic) bond motifs is 1. The Morgan fingerprint density at radius 2 is 1.57 bits per heavy atom. The lowest BCUT2D eigenvalue weighted by molar-refractivity contribution is 0.175. The summed E-state index contributed by atoms with van der Waals surface area (Å²) in [5.74, 6) is 1.12. The molecule has 128 valence electrons. The van der Waals surface area contributed by atoms with E-state index in [2.05, 4.69) is 60.0 Å². The molecule has 1 saturated heterocycles. The lowest BCUT2D eigenvalue weighted by Crippen LogP contribution is -2.50. The molecular weight excluding hydrogens is 329 g/mol. The molecule has 0 radical (unpaired) electrons. The van der Waals surface area contributed by atoms with E-state index in [4.69, 9.17) is 4.98 Å². The Bertz CT molecular complexity index is 594. The number of rotatable bonds is 4. The molecule has 0 unspecified atom stereocenters. The predicted octanol–water partition coefficient (Wildman–Crippen LogP) is 4.39. The summed E-state index contributed by atoms with van der Waals surface area (Å²) in [6.07, 6.45) is 2.51. The average Bonchev–Trinajstić information content (AvgIpc) is 2.56. The number of nitrogens with zero attached hydrogens (tertiary/aromatic N) is 3. The Labute approximate surface area is 151 Å². The number of pyridine rings is 1. The normalized spacial score (nSPS) is 15.3. The van der Waals surface area contributed by atoms with Gasteiger partial charge in [-0.15, -0.1) is 24.8 Å². The summed E-state index contributed by atoms with van der Waals surface area (Å²) in [7, 11) is 0. The van der Waals surface area contributed by atoms with E-state index in [0.717, 1.165) is 43.6 Å². The van der Waals surface area contributed by atoms with Gasteiger partial charge < -0.3 is 4.90 Å². The van der Waals surface area contributed by atoms with Crippen LogP contribution in [0.25, 0.3) is 10.9 Å². The van der Waals surface area contributed by atoms with Gasteiger partial charge in [0.2, 0.25) is 0 Å². The van der Waals surface area contributed by atoms with Crippen LogP contribution in [-0.2, 0) is 0 Å². The Morgan fingerprint density at radius 3 is 2.22 bits per heavy atom. The SMILES string of the molecule is CCC(CC)N1CCN(c2ccc3ccccc3n2)CC1.Cl.Cl. The van der Waals surface area contributed by atoms with E-state index in [1.54, 1.807) is 0 Å². The van der Waals surface area contributed by atoms with Gasteiger partial charge in [0.15, 0.2) is 0 Å². The van der Waals surface area contributed by atoms with Crippen molar-refractivity contribution in [3.05, 3.63) is 36.4 Å². The third-order valence-corrected chi connectivity index (χ3v) is 4.68. The van der Waals surface area contributed by atoms with Crippen LogP contribution in [0.3, 0.4) is 0 Å². The molecule has 23 heavy (non-hydrogen) atoms. The molecule has 0 bridgehead atoms. The van der Waals surface area contributed by atoms with E-state index in [9.17, 15) is 0 Å².